The van der Waals surface area contributed by atoms with Crippen LogP contribution in [-0.4, -0.2) is 40.0 Å². The molecule has 4 aromatic carbocycles. The van der Waals surface area contributed by atoms with Gasteiger partial charge in [0.2, 0.25) is 0 Å². The van der Waals surface area contributed by atoms with E-state index in [9.17, 15) is 15.3 Å². The number of phenols is 3. The van der Waals surface area contributed by atoms with E-state index in [4.69, 9.17) is 15.0 Å². The van der Waals surface area contributed by atoms with Crippen LogP contribution < -0.4 is 10.4 Å². The molecule has 4 aromatic rings. The van der Waals surface area contributed by atoms with E-state index in [-0.39, 0.29) is 39.5 Å². The Morgan fingerprint density at radius 1 is 0.615 bits per heavy atom. The lowest BCUT2D eigenvalue weighted by atomic mass is 9.85. The van der Waals surface area contributed by atoms with Gasteiger partial charge in [0.05, 0.1) is 11.7 Å². The second-order valence-corrected chi connectivity index (χ2v) is 17.1. The molecule has 0 aromatic heterocycles. The molecule has 52 heavy (non-hydrogen) atoms. The zero-order valence-corrected chi connectivity index (χ0v) is 31.9. The Morgan fingerprint density at radius 3 is 1.60 bits per heavy atom. The maximum atomic E-state index is 11.1. The lowest BCUT2D eigenvalue weighted by Crippen LogP contribution is -2.37. The number of rotatable bonds is 6. The van der Waals surface area contributed by atoms with Crippen LogP contribution in [0.5, 0.6) is 17.2 Å². The maximum absolute atomic E-state index is 11.1. The summed E-state index contributed by atoms with van der Waals surface area (Å²) >= 11 is 0. The maximum Gasteiger partial charge on any atom is 0.128 e. The van der Waals surface area contributed by atoms with E-state index < -0.39 is 0 Å². The van der Waals surface area contributed by atoms with Gasteiger partial charge < -0.3 is 15.3 Å². The molecule has 3 N–H and O–H groups in total. The Hall–Kier alpha value is -5.23. The van der Waals surface area contributed by atoms with Crippen molar-refractivity contribution in [3.8, 4) is 17.2 Å². The van der Waals surface area contributed by atoms with Gasteiger partial charge in [-0.1, -0.05) is 105 Å². The number of hydrogen-bond acceptors (Lipinski definition) is 6. The highest BCUT2D eigenvalue weighted by Gasteiger charge is 2.23. The van der Waals surface area contributed by atoms with Gasteiger partial charge in [-0.2, -0.15) is 0 Å². The molecule has 0 saturated carbocycles. The van der Waals surface area contributed by atoms with Crippen molar-refractivity contribution in [2.75, 3.05) is 0 Å². The molecule has 0 spiro atoms. The zero-order chi connectivity index (χ0) is 37.6. The summed E-state index contributed by atoms with van der Waals surface area (Å²) in [6, 6.07) is 21.4. The highest BCUT2D eigenvalue weighted by molar-refractivity contribution is 5.88. The Balaban J connectivity index is 1.41. The van der Waals surface area contributed by atoms with Gasteiger partial charge in [-0.3, -0.25) is 15.0 Å². The number of aliphatic imine (C=N–C) groups is 3. The molecule has 0 aliphatic heterocycles. The van der Waals surface area contributed by atoms with Crippen LogP contribution in [0.25, 0.3) is 11.6 Å². The minimum Gasteiger partial charge on any atom is -0.507 e. The van der Waals surface area contributed by atoms with Gasteiger partial charge in [-0.05, 0) is 97.3 Å². The van der Waals surface area contributed by atoms with E-state index in [2.05, 4.69) is 86.6 Å². The third kappa shape index (κ3) is 7.67. The van der Waals surface area contributed by atoms with Crippen molar-refractivity contribution in [2.45, 2.75) is 97.4 Å². The van der Waals surface area contributed by atoms with Crippen LogP contribution in [0.2, 0.25) is 0 Å². The number of phenolic OH excluding ortho intramolecular Hbond substituents is 3. The fraction of sp³-hybridized carbons (Fsp3) is 0.326. The minimum absolute atomic E-state index is 0.174. The molecule has 268 valence electrons. The lowest BCUT2D eigenvalue weighted by Gasteiger charge is -2.22. The molecular formula is C46H51N3O3. The highest BCUT2D eigenvalue weighted by atomic mass is 16.3. The minimum atomic E-state index is -0.209. The Kier molecular flexibility index (Phi) is 9.65. The molecule has 1 atom stereocenters. The first kappa shape index (κ1) is 36.6. The van der Waals surface area contributed by atoms with Crippen molar-refractivity contribution >= 4 is 36.0 Å². The van der Waals surface area contributed by atoms with Crippen molar-refractivity contribution in [1.82, 2.24) is 0 Å². The molecule has 0 fully saturated rings. The number of nitrogens with zero attached hydrogens (tertiary/aromatic N) is 3. The third-order valence-electron chi connectivity index (χ3n) is 9.82. The van der Waals surface area contributed by atoms with Gasteiger partial charge in [-0.15, -0.1) is 0 Å². The van der Waals surface area contributed by atoms with Gasteiger partial charge in [0.25, 0.3) is 0 Å². The van der Waals surface area contributed by atoms with Crippen molar-refractivity contribution in [2.24, 2.45) is 15.0 Å². The molecule has 6 rings (SSSR count). The van der Waals surface area contributed by atoms with Gasteiger partial charge >= 0.3 is 0 Å². The number of aromatic hydroxyl groups is 3. The zero-order valence-electron chi connectivity index (χ0n) is 31.9. The predicted octanol–water partition coefficient (Wildman–Crippen LogP) is 8.83. The summed E-state index contributed by atoms with van der Waals surface area (Å²) in [6.45, 7) is 18.8. The van der Waals surface area contributed by atoms with Crippen LogP contribution in [0.3, 0.4) is 0 Å². The molecule has 6 nitrogen and oxygen atoms in total. The van der Waals surface area contributed by atoms with Crippen LogP contribution in [0.15, 0.2) is 93.5 Å². The van der Waals surface area contributed by atoms with Crippen LogP contribution in [0.1, 0.15) is 108 Å². The number of benzene rings is 4. The van der Waals surface area contributed by atoms with Crippen LogP contribution in [0, 0.1) is 0 Å². The SMILES string of the molecule is CC(C)(C)c1cccc(C=NC2=CC3=c4c(cc(N=Cc5cccc(C(C)(C)C)c5O)cc4=CC(N=Cc4cccc(C(C)(C)C)c4O)C3)C2)c1O. The van der Waals surface area contributed by atoms with Gasteiger partial charge in [-0.25, -0.2) is 0 Å². The van der Waals surface area contributed by atoms with Gasteiger partial charge in [0.1, 0.15) is 17.2 Å². The second-order valence-electron chi connectivity index (χ2n) is 17.1. The van der Waals surface area contributed by atoms with Gasteiger partial charge in [0.15, 0.2) is 0 Å². The molecule has 0 amide bonds. The van der Waals surface area contributed by atoms with Crippen molar-refractivity contribution in [3.05, 3.63) is 128 Å². The van der Waals surface area contributed by atoms with Gasteiger partial charge in [0, 0.05) is 47.5 Å². The smallest absolute Gasteiger partial charge is 0.128 e. The standard InChI is InChI=1S/C46H51N3O3/c1-44(2,3)37-16-10-13-28(41(37)50)25-47-34-19-31-21-35(48-26-29-14-11-17-38(42(29)51)45(4,5)6)23-33-24-36(22-32(20-34)40(31)33)49-27-30-15-12-18-39(43(30)52)46(7,8)9/h10-21,24-27,35,50-52H,22-23H2,1-9H3. The van der Waals surface area contributed by atoms with Crippen molar-refractivity contribution in [3.63, 3.8) is 0 Å². The normalized spacial score (nSPS) is 16.4. The molecule has 2 aliphatic rings. The average molecular weight is 694 g/mol. The summed E-state index contributed by atoms with van der Waals surface area (Å²) in [7, 11) is 0. The van der Waals surface area contributed by atoms with E-state index in [0.717, 1.165) is 44.4 Å². The second kappa shape index (κ2) is 13.7. The topological polar surface area (TPSA) is 97.8 Å². The van der Waals surface area contributed by atoms with E-state index in [1.54, 1.807) is 18.6 Å². The molecule has 0 bridgehead atoms. The first-order valence-electron chi connectivity index (χ1n) is 18.1. The first-order valence-corrected chi connectivity index (χ1v) is 18.1. The summed E-state index contributed by atoms with van der Waals surface area (Å²) in [5.74, 6) is 0.751. The molecule has 0 heterocycles. The summed E-state index contributed by atoms with van der Waals surface area (Å²) < 4.78 is 0. The highest BCUT2D eigenvalue weighted by Crippen LogP contribution is 2.35. The van der Waals surface area contributed by atoms with Crippen LogP contribution in [-0.2, 0) is 22.7 Å². The third-order valence-corrected chi connectivity index (χ3v) is 9.82. The first-order chi connectivity index (χ1) is 24.4. The fourth-order valence-electron chi connectivity index (χ4n) is 7.08. The molecule has 6 heteroatoms. The molecule has 2 aliphatic carbocycles. The number of hydrogen-bond donors (Lipinski definition) is 3. The molecular weight excluding hydrogens is 643 g/mol. The monoisotopic (exact) mass is 693 g/mol. The average Bonchev–Trinajstić information content (AvgIpc) is 3.05. The molecule has 0 saturated heterocycles. The molecule has 1 unspecified atom stereocenters. The summed E-state index contributed by atoms with van der Waals surface area (Å²) in [6.07, 6.45) is 10.9. The largest absolute Gasteiger partial charge is 0.507 e. The lowest BCUT2D eigenvalue weighted by molar-refractivity contribution is 0.445. The number of para-hydroxylation sites is 3. The van der Waals surface area contributed by atoms with Crippen LogP contribution in [0.4, 0.5) is 5.69 Å². The summed E-state index contributed by atoms with van der Waals surface area (Å²) in [5, 5.41) is 35.5. The summed E-state index contributed by atoms with van der Waals surface area (Å²) in [5.41, 5.74) is 7.95. The van der Waals surface area contributed by atoms with Crippen molar-refractivity contribution in [1.29, 1.82) is 0 Å². The Labute approximate surface area is 308 Å². The predicted molar refractivity (Wildman–Crippen MR) is 217 cm³/mol. The van der Waals surface area contributed by atoms with E-state index >= 15 is 0 Å². The summed E-state index contributed by atoms with van der Waals surface area (Å²) in [4.78, 5) is 14.8. The Morgan fingerprint density at radius 2 is 1.10 bits per heavy atom. The van der Waals surface area contributed by atoms with E-state index in [0.29, 0.717) is 29.5 Å². The quantitative estimate of drug-likeness (QED) is 0.176. The van der Waals surface area contributed by atoms with E-state index in [1.165, 1.54) is 5.22 Å². The van der Waals surface area contributed by atoms with E-state index in [1.807, 2.05) is 54.6 Å². The van der Waals surface area contributed by atoms with Crippen molar-refractivity contribution < 1.29 is 15.3 Å². The number of allylic oxidation sites excluding steroid dienone is 2. The fourth-order valence-corrected chi connectivity index (χ4v) is 7.08. The molecule has 0 radical (unpaired) electrons. The van der Waals surface area contributed by atoms with Crippen LogP contribution >= 0.6 is 0 Å². The Bertz CT molecular complexity index is 2290.